The Morgan fingerprint density at radius 3 is 2.59 bits per heavy atom. The molecule has 0 radical (unpaired) electrons. The van der Waals surface area contributed by atoms with Crippen molar-refractivity contribution in [2.24, 2.45) is 0 Å². The van der Waals surface area contributed by atoms with Gasteiger partial charge in [-0.15, -0.1) is 11.3 Å². The van der Waals surface area contributed by atoms with E-state index in [1.54, 1.807) is 14.0 Å². The van der Waals surface area contributed by atoms with Crippen molar-refractivity contribution >= 4 is 46.4 Å². The van der Waals surface area contributed by atoms with Gasteiger partial charge in [0.2, 0.25) is 0 Å². The highest BCUT2D eigenvalue weighted by molar-refractivity contribution is 7.13. The normalized spacial score (nSPS) is 12.3. The van der Waals surface area contributed by atoms with Crippen molar-refractivity contribution in [2.45, 2.75) is 25.7 Å². The van der Waals surface area contributed by atoms with E-state index >= 15 is 0 Å². The lowest BCUT2D eigenvalue weighted by atomic mass is 10.2. The second-order valence-electron chi connectivity index (χ2n) is 6.88. The van der Waals surface area contributed by atoms with E-state index in [1.165, 1.54) is 12.5 Å². The third-order valence-corrected chi connectivity index (χ3v) is 5.90. The fraction of sp³-hybridized carbons (Fsp3) is 0.263. The van der Waals surface area contributed by atoms with Crippen LogP contribution in [-0.4, -0.2) is 38.8 Å². The number of alkyl halides is 3. The molecule has 15 heteroatoms. The fourth-order valence-corrected chi connectivity index (χ4v) is 3.82. The Morgan fingerprint density at radius 1 is 1.18 bits per heavy atom. The molecule has 0 bridgehead atoms. The molecule has 0 saturated heterocycles. The molecule has 0 fully saturated rings. The maximum Gasteiger partial charge on any atom is 0.418 e. The SMILES string of the molecule is CNCc1c(N)ncnc1C(=O)N[C@@H](C)c1ncc(C(=O)Nc2cc(C(F)(F)F)c(Cl)cn2)s1. The molecule has 5 N–H and O–H groups in total. The molecule has 34 heavy (non-hydrogen) atoms. The molecule has 0 aliphatic carbocycles. The summed E-state index contributed by atoms with van der Waals surface area (Å²) in [5, 5.41) is 7.69. The third-order valence-electron chi connectivity index (χ3n) is 4.42. The number of thiazole rings is 1. The molecule has 0 aromatic carbocycles. The minimum atomic E-state index is -4.70. The lowest BCUT2D eigenvalue weighted by Gasteiger charge is -2.14. The Hall–Kier alpha value is -3.36. The van der Waals surface area contributed by atoms with Crippen molar-refractivity contribution in [3.05, 3.63) is 56.5 Å². The van der Waals surface area contributed by atoms with Crippen molar-refractivity contribution in [1.82, 2.24) is 30.6 Å². The highest BCUT2D eigenvalue weighted by Gasteiger charge is 2.34. The lowest BCUT2D eigenvalue weighted by molar-refractivity contribution is -0.137. The number of pyridine rings is 1. The number of carbonyl (C=O) groups excluding carboxylic acids is 2. The van der Waals surface area contributed by atoms with Crippen LogP contribution >= 0.6 is 22.9 Å². The van der Waals surface area contributed by atoms with E-state index < -0.39 is 34.6 Å². The van der Waals surface area contributed by atoms with E-state index in [2.05, 4.69) is 35.9 Å². The van der Waals surface area contributed by atoms with Crippen LogP contribution < -0.4 is 21.7 Å². The number of nitrogens with two attached hydrogens (primary N) is 1. The topological polar surface area (TPSA) is 148 Å². The number of halogens is 4. The van der Waals surface area contributed by atoms with Gasteiger partial charge in [-0.2, -0.15) is 13.2 Å². The van der Waals surface area contributed by atoms with Crippen molar-refractivity contribution in [2.75, 3.05) is 18.1 Å². The highest BCUT2D eigenvalue weighted by Crippen LogP contribution is 2.35. The van der Waals surface area contributed by atoms with Crippen molar-refractivity contribution in [3.63, 3.8) is 0 Å². The number of rotatable bonds is 7. The summed E-state index contributed by atoms with van der Waals surface area (Å²) in [6.07, 6.45) is -1.48. The Bertz CT molecular complexity index is 1220. The summed E-state index contributed by atoms with van der Waals surface area (Å²) in [5.41, 5.74) is 5.23. The summed E-state index contributed by atoms with van der Waals surface area (Å²) in [4.78, 5) is 41.0. The highest BCUT2D eigenvalue weighted by atomic mass is 35.5. The number of aromatic nitrogens is 4. The standard InChI is InChI=1S/C19H18ClF3N8O2S/c1-8(30-17(33)14-9(4-25-2)15(24)29-7-28-14)18-27-6-12(34-18)16(32)31-13-3-10(19(21,22)23)11(20)5-26-13/h3,5-8,25H,4H2,1-2H3,(H,30,33)(H2,24,28,29)(H,26,31,32)/t8-/m0/s1. The quantitative estimate of drug-likeness (QED) is 0.376. The predicted molar refractivity (Wildman–Crippen MR) is 119 cm³/mol. The van der Waals surface area contributed by atoms with E-state index in [0.29, 0.717) is 16.6 Å². The molecule has 3 aromatic rings. The van der Waals surface area contributed by atoms with Crippen LogP contribution in [0, 0.1) is 0 Å². The van der Waals surface area contributed by atoms with E-state index in [4.69, 9.17) is 17.3 Å². The minimum Gasteiger partial charge on any atom is -0.383 e. The number of nitrogens with zero attached hydrogens (tertiary/aromatic N) is 4. The zero-order valence-electron chi connectivity index (χ0n) is 17.7. The van der Waals surface area contributed by atoms with Crippen LogP contribution in [0.1, 0.15) is 49.3 Å². The average molecular weight is 515 g/mol. The van der Waals surface area contributed by atoms with Gasteiger partial charge >= 0.3 is 6.18 Å². The Kier molecular flexibility index (Phi) is 7.64. The molecule has 1 atom stereocenters. The number of carbonyl (C=O) groups is 2. The van der Waals surface area contributed by atoms with E-state index in [1.807, 2.05) is 0 Å². The zero-order chi connectivity index (χ0) is 25.0. The molecule has 3 rings (SSSR count). The molecule has 0 unspecified atom stereocenters. The third kappa shape index (κ3) is 5.76. The summed E-state index contributed by atoms with van der Waals surface area (Å²) in [5.74, 6) is -1.39. The van der Waals surface area contributed by atoms with Crippen LogP contribution in [0.15, 0.2) is 24.8 Å². The van der Waals surface area contributed by atoms with Gasteiger partial charge in [-0.25, -0.2) is 19.9 Å². The fourth-order valence-electron chi connectivity index (χ4n) is 2.79. The molecule has 180 valence electrons. The average Bonchev–Trinajstić information content (AvgIpc) is 3.26. The van der Waals surface area contributed by atoms with Crippen LogP contribution in [0.25, 0.3) is 0 Å². The van der Waals surface area contributed by atoms with Crippen LogP contribution in [0.3, 0.4) is 0 Å². The van der Waals surface area contributed by atoms with E-state index in [0.717, 1.165) is 17.5 Å². The Balaban J connectivity index is 1.71. The van der Waals surface area contributed by atoms with Crippen molar-refractivity contribution in [3.8, 4) is 0 Å². The van der Waals surface area contributed by atoms with Gasteiger partial charge in [0.1, 0.15) is 33.5 Å². The second kappa shape index (κ2) is 10.3. The largest absolute Gasteiger partial charge is 0.418 e. The van der Waals surface area contributed by atoms with Gasteiger partial charge in [0.25, 0.3) is 11.8 Å². The van der Waals surface area contributed by atoms with E-state index in [-0.39, 0.29) is 28.8 Å². The first kappa shape index (κ1) is 25.3. The molecular formula is C19H18ClF3N8O2S. The number of hydrogen-bond acceptors (Lipinski definition) is 9. The molecule has 0 aliphatic rings. The second-order valence-corrected chi connectivity index (χ2v) is 8.34. The van der Waals surface area contributed by atoms with Crippen LogP contribution in [0.2, 0.25) is 5.02 Å². The summed E-state index contributed by atoms with van der Waals surface area (Å²) in [6, 6.07) is 0.0319. The number of nitrogens with one attached hydrogen (secondary N) is 3. The number of anilines is 2. The molecule has 0 saturated carbocycles. The smallest absolute Gasteiger partial charge is 0.383 e. The Labute approximate surface area is 200 Å². The number of amides is 2. The van der Waals surface area contributed by atoms with Crippen LogP contribution in [0.4, 0.5) is 24.8 Å². The molecule has 10 nitrogen and oxygen atoms in total. The molecule has 0 spiro atoms. The van der Waals surface area contributed by atoms with Gasteiger partial charge in [-0.3, -0.25) is 9.59 Å². The van der Waals surface area contributed by atoms with Gasteiger partial charge in [0, 0.05) is 18.3 Å². The van der Waals surface area contributed by atoms with Gasteiger partial charge < -0.3 is 21.7 Å². The van der Waals surface area contributed by atoms with Crippen molar-refractivity contribution in [1.29, 1.82) is 0 Å². The molecule has 0 aliphatic heterocycles. The molecular weight excluding hydrogens is 497 g/mol. The summed E-state index contributed by atoms with van der Waals surface area (Å²) in [6.45, 7) is 1.93. The monoisotopic (exact) mass is 514 g/mol. The van der Waals surface area contributed by atoms with E-state index in [9.17, 15) is 22.8 Å². The van der Waals surface area contributed by atoms with Gasteiger partial charge in [-0.05, 0) is 20.0 Å². The first-order valence-electron chi connectivity index (χ1n) is 9.55. The first-order valence-corrected chi connectivity index (χ1v) is 10.7. The number of hydrogen-bond donors (Lipinski definition) is 4. The summed E-state index contributed by atoms with van der Waals surface area (Å²) in [7, 11) is 1.68. The molecule has 2 amide bonds. The zero-order valence-corrected chi connectivity index (χ0v) is 19.3. The maximum atomic E-state index is 13.0. The Morgan fingerprint density at radius 2 is 1.91 bits per heavy atom. The van der Waals surface area contributed by atoms with Crippen LogP contribution in [0.5, 0.6) is 0 Å². The van der Waals surface area contributed by atoms with Gasteiger partial charge in [0.15, 0.2) is 0 Å². The maximum absolute atomic E-state index is 13.0. The minimum absolute atomic E-state index is 0.0949. The first-order chi connectivity index (χ1) is 16.0. The number of nitrogen functional groups attached to an aromatic ring is 1. The molecule has 3 aromatic heterocycles. The summed E-state index contributed by atoms with van der Waals surface area (Å²) < 4.78 is 39.0. The predicted octanol–water partition coefficient (Wildman–Crippen LogP) is 3.05. The van der Waals surface area contributed by atoms with Crippen molar-refractivity contribution < 1.29 is 22.8 Å². The summed E-state index contributed by atoms with van der Waals surface area (Å²) >= 11 is 6.49. The lowest BCUT2D eigenvalue weighted by Crippen LogP contribution is -2.29. The van der Waals surface area contributed by atoms with Gasteiger partial charge in [-0.1, -0.05) is 11.6 Å². The van der Waals surface area contributed by atoms with Gasteiger partial charge in [0.05, 0.1) is 22.8 Å². The molecule has 3 heterocycles. The van der Waals surface area contributed by atoms with Crippen LogP contribution in [-0.2, 0) is 12.7 Å².